The summed E-state index contributed by atoms with van der Waals surface area (Å²) in [5, 5.41) is 6.84. The average Bonchev–Trinajstić information content (AvgIpc) is 3.57. The Morgan fingerprint density at radius 3 is 1.47 bits per heavy atom. The van der Waals surface area contributed by atoms with E-state index in [9.17, 15) is 0 Å². The molecular formula is C47H29N3O. The summed E-state index contributed by atoms with van der Waals surface area (Å²) in [6.45, 7) is 0. The molecular weight excluding hydrogens is 623 g/mol. The molecule has 238 valence electrons. The van der Waals surface area contributed by atoms with Gasteiger partial charge < -0.3 is 4.42 Å². The number of benzene rings is 8. The standard InChI is InChI=1S/C47H29N3O/c1-3-12-33(13-4-1)45-48-46(34-14-5-2-6-15-34)50-47(49-45)42-28-39(27-41-40-26-36-17-9-10-18-37(36)29-43(40)51-44(41)42)32-21-19-31(20-22-32)38-24-23-30-11-7-8-16-35(30)25-38/h1-29H. The maximum absolute atomic E-state index is 6.74. The van der Waals surface area contributed by atoms with Gasteiger partial charge in [-0.15, -0.1) is 0 Å². The summed E-state index contributed by atoms with van der Waals surface area (Å²) in [6.07, 6.45) is 0. The second kappa shape index (κ2) is 11.9. The Bertz CT molecular complexity index is 2840. The smallest absolute Gasteiger partial charge is 0.167 e. The molecule has 10 aromatic rings. The van der Waals surface area contributed by atoms with Crippen molar-refractivity contribution in [2.75, 3.05) is 0 Å². The topological polar surface area (TPSA) is 51.8 Å². The lowest BCUT2D eigenvalue weighted by Gasteiger charge is -2.11. The summed E-state index contributed by atoms with van der Waals surface area (Å²) < 4.78 is 6.74. The van der Waals surface area contributed by atoms with Crippen LogP contribution in [0.2, 0.25) is 0 Å². The SMILES string of the molecule is c1ccc(-c2nc(-c3ccccc3)nc(-c3cc(-c4ccc(-c5ccc6ccccc6c5)cc4)cc4c3oc3cc5ccccc5cc34)n2)cc1. The molecule has 51 heavy (non-hydrogen) atoms. The Morgan fingerprint density at radius 1 is 0.314 bits per heavy atom. The summed E-state index contributed by atoms with van der Waals surface area (Å²) in [7, 11) is 0. The highest BCUT2D eigenvalue weighted by Crippen LogP contribution is 2.41. The molecule has 0 fully saturated rings. The molecule has 2 aromatic heterocycles. The van der Waals surface area contributed by atoms with Gasteiger partial charge in [-0.1, -0.05) is 146 Å². The van der Waals surface area contributed by atoms with Crippen LogP contribution in [-0.4, -0.2) is 15.0 Å². The van der Waals surface area contributed by atoms with Crippen LogP contribution in [0.5, 0.6) is 0 Å². The molecule has 0 aliphatic heterocycles. The predicted octanol–water partition coefficient (Wildman–Crippen LogP) is 12.4. The zero-order valence-corrected chi connectivity index (χ0v) is 27.5. The van der Waals surface area contributed by atoms with E-state index in [0.29, 0.717) is 17.5 Å². The molecule has 0 saturated heterocycles. The Kier molecular flexibility index (Phi) is 6.78. The van der Waals surface area contributed by atoms with Crippen molar-refractivity contribution >= 4 is 43.5 Å². The largest absolute Gasteiger partial charge is 0.455 e. The van der Waals surface area contributed by atoms with E-state index in [1.807, 2.05) is 60.7 Å². The normalized spacial score (nSPS) is 11.5. The predicted molar refractivity (Wildman–Crippen MR) is 209 cm³/mol. The molecule has 0 radical (unpaired) electrons. The molecule has 0 amide bonds. The molecule has 0 spiro atoms. The van der Waals surface area contributed by atoms with Crippen molar-refractivity contribution in [3.63, 3.8) is 0 Å². The van der Waals surface area contributed by atoms with Crippen LogP contribution in [0.15, 0.2) is 180 Å². The van der Waals surface area contributed by atoms with Gasteiger partial charge in [0.15, 0.2) is 17.5 Å². The first kappa shape index (κ1) is 29.0. The van der Waals surface area contributed by atoms with Crippen molar-refractivity contribution < 1.29 is 4.42 Å². The van der Waals surface area contributed by atoms with Crippen LogP contribution in [0.1, 0.15) is 0 Å². The van der Waals surface area contributed by atoms with Gasteiger partial charge in [-0.3, -0.25) is 0 Å². The number of nitrogens with zero attached hydrogens (tertiary/aromatic N) is 3. The highest BCUT2D eigenvalue weighted by atomic mass is 16.3. The first-order chi connectivity index (χ1) is 25.2. The fourth-order valence-corrected chi connectivity index (χ4v) is 7.05. The number of aromatic nitrogens is 3. The summed E-state index contributed by atoms with van der Waals surface area (Å²) in [6, 6.07) is 61.2. The molecule has 8 aromatic carbocycles. The number of rotatable bonds is 5. The molecule has 0 atom stereocenters. The maximum atomic E-state index is 6.74. The molecule has 2 heterocycles. The minimum absolute atomic E-state index is 0.561. The molecule has 0 aliphatic rings. The van der Waals surface area contributed by atoms with Crippen LogP contribution < -0.4 is 0 Å². The Labute approximate surface area is 294 Å². The average molecular weight is 652 g/mol. The Balaban J connectivity index is 1.19. The maximum Gasteiger partial charge on any atom is 0.167 e. The quantitative estimate of drug-likeness (QED) is 0.186. The van der Waals surface area contributed by atoms with E-state index in [0.717, 1.165) is 60.5 Å². The number of fused-ring (bicyclic) bond motifs is 5. The lowest BCUT2D eigenvalue weighted by atomic mass is 9.95. The van der Waals surface area contributed by atoms with Gasteiger partial charge in [0.05, 0.1) is 5.56 Å². The van der Waals surface area contributed by atoms with E-state index >= 15 is 0 Å². The molecule has 4 nitrogen and oxygen atoms in total. The van der Waals surface area contributed by atoms with E-state index in [4.69, 9.17) is 19.4 Å². The van der Waals surface area contributed by atoms with Crippen LogP contribution in [0.3, 0.4) is 0 Å². The first-order valence-corrected chi connectivity index (χ1v) is 17.1. The van der Waals surface area contributed by atoms with Crippen molar-refractivity contribution in [3.05, 3.63) is 176 Å². The van der Waals surface area contributed by atoms with Crippen LogP contribution in [0.4, 0.5) is 0 Å². The van der Waals surface area contributed by atoms with E-state index in [2.05, 4.69) is 115 Å². The van der Waals surface area contributed by atoms with Gasteiger partial charge in [0.25, 0.3) is 0 Å². The van der Waals surface area contributed by atoms with Crippen molar-refractivity contribution in [1.82, 2.24) is 15.0 Å². The fraction of sp³-hybridized carbons (Fsp3) is 0. The van der Waals surface area contributed by atoms with E-state index in [1.165, 1.54) is 21.9 Å². The Hall–Kier alpha value is -6.91. The minimum Gasteiger partial charge on any atom is -0.455 e. The second-order valence-electron chi connectivity index (χ2n) is 12.9. The van der Waals surface area contributed by atoms with Crippen LogP contribution in [0.25, 0.3) is 99.9 Å². The minimum atomic E-state index is 0.561. The lowest BCUT2D eigenvalue weighted by molar-refractivity contribution is 0.670. The third-order valence-electron chi connectivity index (χ3n) is 9.68. The molecule has 4 heteroatoms. The molecule has 0 saturated carbocycles. The third-order valence-corrected chi connectivity index (χ3v) is 9.68. The number of hydrogen-bond acceptors (Lipinski definition) is 4. The van der Waals surface area contributed by atoms with Gasteiger partial charge in [-0.25, -0.2) is 15.0 Å². The molecule has 10 rings (SSSR count). The van der Waals surface area contributed by atoms with Gasteiger partial charge in [0.2, 0.25) is 0 Å². The summed E-state index contributed by atoms with van der Waals surface area (Å²) >= 11 is 0. The highest BCUT2D eigenvalue weighted by molar-refractivity contribution is 6.14. The monoisotopic (exact) mass is 651 g/mol. The van der Waals surface area contributed by atoms with E-state index < -0.39 is 0 Å². The van der Waals surface area contributed by atoms with Gasteiger partial charge in [-0.05, 0) is 74.1 Å². The first-order valence-electron chi connectivity index (χ1n) is 17.1. The fourth-order valence-electron chi connectivity index (χ4n) is 7.05. The highest BCUT2D eigenvalue weighted by Gasteiger charge is 2.20. The van der Waals surface area contributed by atoms with Gasteiger partial charge in [0, 0.05) is 21.9 Å². The molecule has 0 N–H and O–H groups in total. The Morgan fingerprint density at radius 2 is 0.824 bits per heavy atom. The van der Waals surface area contributed by atoms with Crippen molar-refractivity contribution in [2.45, 2.75) is 0 Å². The summed E-state index contributed by atoms with van der Waals surface area (Å²) in [4.78, 5) is 15.2. The van der Waals surface area contributed by atoms with Gasteiger partial charge in [-0.2, -0.15) is 0 Å². The van der Waals surface area contributed by atoms with Gasteiger partial charge >= 0.3 is 0 Å². The van der Waals surface area contributed by atoms with E-state index in [-0.39, 0.29) is 0 Å². The zero-order valence-electron chi connectivity index (χ0n) is 27.5. The van der Waals surface area contributed by atoms with Crippen molar-refractivity contribution in [1.29, 1.82) is 0 Å². The van der Waals surface area contributed by atoms with Crippen molar-refractivity contribution in [3.8, 4) is 56.4 Å². The van der Waals surface area contributed by atoms with Crippen LogP contribution in [-0.2, 0) is 0 Å². The lowest BCUT2D eigenvalue weighted by Crippen LogP contribution is -2.00. The van der Waals surface area contributed by atoms with Crippen LogP contribution >= 0.6 is 0 Å². The summed E-state index contributed by atoms with van der Waals surface area (Å²) in [5.74, 6) is 1.78. The second-order valence-corrected chi connectivity index (χ2v) is 12.9. The number of hydrogen-bond donors (Lipinski definition) is 0. The zero-order chi connectivity index (χ0) is 33.7. The summed E-state index contributed by atoms with van der Waals surface area (Å²) in [5.41, 5.74) is 8.75. The van der Waals surface area contributed by atoms with Gasteiger partial charge in [0.1, 0.15) is 11.2 Å². The van der Waals surface area contributed by atoms with E-state index in [1.54, 1.807) is 0 Å². The van der Waals surface area contributed by atoms with Crippen molar-refractivity contribution in [2.24, 2.45) is 0 Å². The molecule has 0 bridgehead atoms. The third kappa shape index (κ3) is 5.22. The number of furan rings is 1. The molecule has 0 unspecified atom stereocenters. The van der Waals surface area contributed by atoms with Crippen LogP contribution in [0, 0.1) is 0 Å². The molecule has 0 aliphatic carbocycles.